The van der Waals surface area contributed by atoms with E-state index in [1.165, 1.54) is 0 Å². The second-order valence-electron chi connectivity index (χ2n) is 6.51. The molecule has 2 aromatic carbocycles. The minimum Gasteiger partial charge on any atom is -0.394 e. The number of rotatable bonds is 4. The first kappa shape index (κ1) is 18.6. The Balaban J connectivity index is 1.80. The lowest BCUT2D eigenvalue weighted by atomic mass is 9.90. The summed E-state index contributed by atoms with van der Waals surface area (Å²) < 4.78 is 5.62. The Hall–Kier alpha value is -2.20. The van der Waals surface area contributed by atoms with Crippen LogP contribution in [-0.4, -0.2) is 51.4 Å². The molecular formula is C21H22O5. The second-order valence-corrected chi connectivity index (χ2v) is 6.51. The summed E-state index contributed by atoms with van der Waals surface area (Å²) >= 11 is 0. The number of benzene rings is 2. The van der Waals surface area contributed by atoms with E-state index >= 15 is 0 Å². The Morgan fingerprint density at radius 2 is 1.65 bits per heavy atom. The summed E-state index contributed by atoms with van der Waals surface area (Å²) in [5, 5.41) is 39.5. The van der Waals surface area contributed by atoms with Gasteiger partial charge >= 0.3 is 0 Å². The standard InChI is InChI=1S/C21H22O5/c1-2-13-6-8-14(9-7-13)10-15-4-3-5-16(11-15)21-20(25)19(24)18(23)17(12-22)26-21/h1,3-9,11,17-25H,10,12H2/t17-,18-,19?,20-,21?/m1/s1. The molecule has 1 heterocycles. The van der Waals surface area contributed by atoms with Crippen molar-refractivity contribution in [3.05, 3.63) is 70.8 Å². The summed E-state index contributed by atoms with van der Waals surface area (Å²) in [7, 11) is 0. The largest absolute Gasteiger partial charge is 0.394 e. The molecule has 1 fully saturated rings. The lowest BCUT2D eigenvalue weighted by Gasteiger charge is -2.40. The summed E-state index contributed by atoms with van der Waals surface area (Å²) in [4.78, 5) is 0. The predicted molar refractivity (Wildman–Crippen MR) is 96.3 cm³/mol. The first-order valence-corrected chi connectivity index (χ1v) is 8.48. The van der Waals surface area contributed by atoms with Crippen molar-refractivity contribution in [2.75, 3.05) is 6.61 Å². The van der Waals surface area contributed by atoms with Gasteiger partial charge in [0, 0.05) is 5.56 Å². The van der Waals surface area contributed by atoms with Crippen molar-refractivity contribution in [3.8, 4) is 12.3 Å². The molecule has 0 spiro atoms. The summed E-state index contributed by atoms with van der Waals surface area (Å²) in [5.41, 5.74) is 3.60. The van der Waals surface area contributed by atoms with E-state index in [9.17, 15) is 20.4 Å². The van der Waals surface area contributed by atoms with Crippen molar-refractivity contribution in [2.45, 2.75) is 36.9 Å². The average molecular weight is 354 g/mol. The summed E-state index contributed by atoms with van der Waals surface area (Å²) in [6, 6.07) is 15.2. The smallest absolute Gasteiger partial charge is 0.113 e. The molecule has 1 aliphatic rings. The van der Waals surface area contributed by atoms with Crippen molar-refractivity contribution >= 4 is 0 Å². The molecule has 136 valence electrons. The molecule has 0 bridgehead atoms. The van der Waals surface area contributed by atoms with Gasteiger partial charge < -0.3 is 25.2 Å². The fourth-order valence-corrected chi connectivity index (χ4v) is 3.21. The van der Waals surface area contributed by atoms with Crippen molar-refractivity contribution in [3.63, 3.8) is 0 Å². The Labute approximate surface area is 152 Å². The number of hydrogen-bond donors (Lipinski definition) is 4. The molecule has 0 radical (unpaired) electrons. The highest BCUT2D eigenvalue weighted by Gasteiger charge is 2.43. The van der Waals surface area contributed by atoms with Crippen molar-refractivity contribution in [2.24, 2.45) is 0 Å². The van der Waals surface area contributed by atoms with E-state index in [1.54, 1.807) is 6.07 Å². The van der Waals surface area contributed by atoms with Gasteiger partial charge in [-0.2, -0.15) is 0 Å². The molecule has 5 atom stereocenters. The Kier molecular flexibility index (Phi) is 5.72. The number of ether oxygens (including phenoxy) is 1. The van der Waals surface area contributed by atoms with Gasteiger partial charge in [-0.3, -0.25) is 0 Å². The summed E-state index contributed by atoms with van der Waals surface area (Å²) in [6.45, 7) is -0.442. The number of aliphatic hydroxyl groups excluding tert-OH is 4. The SMILES string of the molecule is C#Cc1ccc(Cc2cccc(C3O[C@H](CO)[C@@H](O)C(O)[C@H]3O)c2)cc1. The van der Waals surface area contributed by atoms with Crippen LogP contribution in [0.4, 0.5) is 0 Å². The third kappa shape index (κ3) is 3.80. The third-order valence-electron chi connectivity index (χ3n) is 4.70. The molecule has 0 aromatic heterocycles. The Bertz CT molecular complexity index is 778. The van der Waals surface area contributed by atoms with Crippen LogP contribution in [0.5, 0.6) is 0 Å². The molecule has 5 heteroatoms. The van der Waals surface area contributed by atoms with Gasteiger partial charge in [0.05, 0.1) is 6.61 Å². The van der Waals surface area contributed by atoms with Crippen LogP contribution in [0, 0.1) is 12.3 Å². The Morgan fingerprint density at radius 1 is 0.923 bits per heavy atom. The van der Waals surface area contributed by atoms with Crippen LogP contribution in [0.3, 0.4) is 0 Å². The highest BCUT2D eigenvalue weighted by molar-refractivity contribution is 5.37. The van der Waals surface area contributed by atoms with Gasteiger partial charge in [-0.05, 0) is 35.2 Å². The van der Waals surface area contributed by atoms with E-state index in [1.807, 2.05) is 42.5 Å². The zero-order valence-electron chi connectivity index (χ0n) is 14.2. The van der Waals surface area contributed by atoms with E-state index in [4.69, 9.17) is 11.2 Å². The van der Waals surface area contributed by atoms with E-state index < -0.39 is 37.1 Å². The van der Waals surface area contributed by atoms with Crippen LogP contribution < -0.4 is 0 Å². The van der Waals surface area contributed by atoms with Crippen LogP contribution in [0.1, 0.15) is 28.4 Å². The van der Waals surface area contributed by atoms with Crippen molar-refractivity contribution in [1.29, 1.82) is 0 Å². The highest BCUT2D eigenvalue weighted by atomic mass is 16.5. The van der Waals surface area contributed by atoms with Crippen LogP contribution in [0.25, 0.3) is 0 Å². The fraction of sp³-hybridized carbons (Fsp3) is 0.333. The predicted octanol–water partition coefficient (Wildman–Crippen LogP) is 0.774. The zero-order chi connectivity index (χ0) is 18.7. The summed E-state index contributed by atoms with van der Waals surface area (Å²) in [6.07, 6.45) is 0.281. The quantitative estimate of drug-likeness (QED) is 0.609. The van der Waals surface area contributed by atoms with Crippen LogP contribution >= 0.6 is 0 Å². The van der Waals surface area contributed by atoms with Gasteiger partial charge in [0.25, 0.3) is 0 Å². The minimum atomic E-state index is -1.38. The lowest BCUT2D eigenvalue weighted by Crippen LogP contribution is -2.55. The normalized spacial score (nSPS) is 28.5. The maximum absolute atomic E-state index is 10.3. The van der Waals surface area contributed by atoms with Crippen molar-refractivity contribution < 1.29 is 25.2 Å². The molecule has 4 N–H and O–H groups in total. The van der Waals surface area contributed by atoms with Gasteiger partial charge in [0.2, 0.25) is 0 Å². The molecule has 5 nitrogen and oxygen atoms in total. The molecule has 0 saturated carbocycles. The van der Waals surface area contributed by atoms with Crippen LogP contribution in [-0.2, 0) is 11.2 Å². The highest BCUT2D eigenvalue weighted by Crippen LogP contribution is 2.32. The van der Waals surface area contributed by atoms with E-state index in [0.717, 1.165) is 16.7 Å². The lowest BCUT2D eigenvalue weighted by molar-refractivity contribution is -0.231. The zero-order valence-corrected chi connectivity index (χ0v) is 14.2. The van der Waals surface area contributed by atoms with Gasteiger partial charge in [0.15, 0.2) is 0 Å². The molecule has 3 rings (SSSR count). The van der Waals surface area contributed by atoms with Gasteiger partial charge in [-0.25, -0.2) is 0 Å². The first-order valence-electron chi connectivity index (χ1n) is 8.48. The number of hydrogen-bond acceptors (Lipinski definition) is 5. The van der Waals surface area contributed by atoms with E-state index in [2.05, 4.69) is 5.92 Å². The monoisotopic (exact) mass is 354 g/mol. The number of terminal acetylenes is 1. The minimum absolute atomic E-state index is 0.442. The Morgan fingerprint density at radius 3 is 2.31 bits per heavy atom. The number of aliphatic hydroxyl groups is 4. The molecular weight excluding hydrogens is 332 g/mol. The van der Waals surface area contributed by atoms with Crippen LogP contribution in [0.2, 0.25) is 0 Å². The average Bonchev–Trinajstić information content (AvgIpc) is 2.67. The first-order chi connectivity index (χ1) is 12.5. The maximum atomic E-state index is 10.3. The van der Waals surface area contributed by atoms with Gasteiger partial charge in [-0.15, -0.1) is 6.42 Å². The second kappa shape index (κ2) is 8.00. The third-order valence-corrected chi connectivity index (χ3v) is 4.70. The molecule has 2 aromatic rings. The molecule has 26 heavy (non-hydrogen) atoms. The molecule has 0 aliphatic carbocycles. The topological polar surface area (TPSA) is 90.2 Å². The van der Waals surface area contributed by atoms with E-state index in [0.29, 0.717) is 12.0 Å². The van der Waals surface area contributed by atoms with Crippen LogP contribution in [0.15, 0.2) is 48.5 Å². The maximum Gasteiger partial charge on any atom is 0.113 e. The van der Waals surface area contributed by atoms with E-state index in [-0.39, 0.29) is 0 Å². The fourth-order valence-electron chi connectivity index (χ4n) is 3.21. The molecule has 2 unspecified atom stereocenters. The molecule has 1 saturated heterocycles. The van der Waals surface area contributed by atoms with Gasteiger partial charge in [0.1, 0.15) is 30.5 Å². The summed E-state index contributed by atoms with van der Waals surface area (Å²) in [5.74, 6) is 2.58. The van der Waals surface area contributed by atoms with Crippen molar-refractivity contribution in [1.82, 2.24) is 0 Å². The molecule has 1 aliphatic heterocycles. The van der Waals surface area contributed by atoms with Gasteiger partial charge in [-0.1, -0.05) is 42.3 Å². The molecule has 0 amide bonds.